The van der Waals surface area contributed by atoms with Crippen molar-refractivity contribution in [3.63, 3.8) is 0 Å². The molecule has 0 unspecified atom stereocenters. The van der Waals surface area contributed by atoms with E-state index in [0.29, 0.717) is 5.17 Å². The zero-order valence-corrected chi connectivity index (χ0v) is 16.8. The van der Waals surface area contributed by atoms with Crippen LogP contribution >= 0.6 is 23.5 Å². The molecule has 142 valence electrons. The molecule has 6 nitrogen and oxygen atoms in total. The molecule has 1 amide bonds. The standard InChI is InChI=1S/C20H17N3O3S2/c1-26-18(24)11-17-19(25)22-20(28-17)23-21-12-14-5-3-4-6-16(14)13-7-9-15(27-2)10-8-13/h3-12H,1-2H3,(H,22,23,25)/b17-11+,21-12?. The van der Waals surface area contributed by atoms with Crippen LogP contribution in [0.3, 0.4) is 0 Å². The van der Waals surface area contributed by atoms with Crippen LogP contribution in [0.4, 0.5) is 0 Å². The summed E-state index contributed by atoms with van der Waals surface area (Å²) < 4.78 is 4.52. The van der Waals surface area contributed by atoms with E-state index in [4.69, 9.17) is 0 Å². The molecule has 3 rings (SSSR count). The van der Waals surface area contributed by atoms with Crippen LogP contribution < -0.4 is 5.32 Å². The van der Waals surface area contributed by atoms with Crippen LogP contribution in [-0.2, 0) is 14.3 Å². The molecule has 8 heteroatoms. The Morgan fingerprint density at radius 1 is 1.18 bits per heavy atom. The maximum absolute atomic E-state index is 11.8. The summed E-state index contributed by atoms with van der Waals surface area (Å²) in [5, 5.41) is 11.0. The van der Waals surface area contributed by atoms with E-state index in [2.05, 4.69) is 44.5 Å². The fourth-order valence-corrected chi connectivity index (χ4v) is 3.57. The first-order valence-corrected chi connectivity index (χ1v) is 10.3. The Balaban J connectivity index is 1.78. The van der Waals surface area contributed by atoms with E-state index in [1.807, 2.05) is 30.5 Å². The van der Waals surface area contributed by atoms with Gasteiger partial charge in [0.05, 0.1) is 18.2 Å². The number of amidine groups is 1. The predicted octanol–water partition coefficient (Wildman–Crippen LogP) is 3.69. The van der Waals surface area contributed by atoms with Crippen LogP contribution in [0.5, 0.6) is 0 Å². The first-order valence-electron chi connectivity index (χ1n) is 8.24. The van der Waals surface area contributed by atoms with Crippen molar-refractivity contribution in [1.29, 1.82) is 0 Å². The Labute approximate surface area is 171 Å². The van der Waals surface area contributed by atoms with Gasteiger partial charge in [0.2, 0.25) is 0 Å². The number of carbonyl (C=O) groups excluding carboxylic acids is 2. The number of esters is 1. The van der Waals surface area contributed by atoms with E-state index in [1.165, 1.54) is 12.0 Å². The second-order valence-electron chi connectivity index (χ2n) is 5.55. The van der Waals surface area contributed by atoms with Gasteiger partial charge in [-0.05, 0) is 41.3 Å². The second-order valence-corrected chi connectivity index (χ2v) is 7.46. The van der Waals surface area contributed by atoms with Gasteiger partial charge in [-0.1, -0.05) is 36.4 Å². The monoisotopic (exact) mass is 411 g/mol. The first-order chi connectivity index (χ1) is 13.6. The van der Waals surface area contributed by atoms with Gasteiger partial charge in [0.15, 0.2) is 5.17 Å². The fourth-order valence-electron chi connectivity index (χ4n) is 2.43. The number of ether oxygens (including phenoxy) is 1. The molecule has 2 aromatic carbocycles. The number of hydrogen-bond donors (Lipinski definition) is 1. The molecule has 0 aliphatic carbocycles. The smallest absolute Gasteiger partial charge is 0.331 e. The van der Waals surface area contributed by atoms with Crippen LogP contribution in [0.1, 0.15) is 5.56 Å². The lowest BCUT2D eigenvalue weighted by atomic mass is 10.0. The molecule has 0 radical (unpaired) electrons. The van der Waals surface area contributed by atoms with E-state index < -0.39 is 11.9 Å². The van der Waals surface area contributed by atoms with Crippen molar-refractivity contribution in [3.05, 3.63) is 65.1 Å². The first kappa shape index (κ1) is 19.9. The third-order valence-corrected chi connectivity index (χ3v) is 5.45. The van der Waals surface area contributed by atoms with Gasteiger partial charge < -0.3 is 4.74 Å². The van der Waals surface area contributed by atoms with Gasteiger partial charge in [-0.15, -0.1) is 16.9 Å². The molecule has 0 bridgehead atoms. The lowest BCUT2D eigenvalue weighted by Crippen LogP contribution is -2.19. The summed E-state index contributed by atoms with van der Waals surface area (Å²) in [4.78, 5) is 24.5. The van der Waals surface area contributed by atoms with E-state index in [1.54, 1.807) is 18.0 Å². The van der Waals surface area contributed by atoms with E-state index >= 15 is 0 Å². The zero-order valence-electron chi connectivity index (χ0n) is 15.2. The van der Waals surface area contributed by atoms with Crippen LogP contribution in [0, 0.1) is 0 Å². The van der Waals surface area contributed by atoms with Gasteiger partial charge >= 0.3 is 5.97 Å². The molecule has 1 saturated heterocycles. The van der Waals surface area contributed by atoms with Crippen molar-refractivity contribution in [2.75, 3.05) is 13.4 Å². The van der Waals surface area contributed by atoms with Gasteiger partial charge in [0.25, 0.3) is 5.91 Å². The highest BCUT2D eigenvalue weighted by molar-refractivity contribution is 8.18. The SMILES string of the molecule is COC(=O)/C=C1/S/C(=N\N=Cc2ccccc2-c2ccc(SC)cc2)NC1=O. The molecule has 0 spiro atoms. The zero-order chi connectivity index (χ0) is 19.9. The lowest BCUT2D eigenvalue weighted by molar-refractivity contribution is -0.135. The number of hydrogen-bond acceptors (Lipinski definition) is 7. The van der Waals surface area contributed by atoms with Crippen molar-refractivity contribution in [1.82, 2.24) is 5.32 Å². The van der Waals surface area contributed by atoms with Crippen molar-refractivity contribution >= 4 is 46.8 Å². The Bertz CT molecular complexity index is 982. The van der Waals surface area contributed by atoms with Gasteiger partial charge in [-0.2, -0.15) is 5.10 Å². The molecule has 1 aliphatic rings. The maximum Gasteiger partial charge on any atom is 0.331 e. The number of amides is 1. The Morgan fingerprint density at radius 3 is 2.64 bits per heavy atom. The molecule has 1 aliphatic heterocycles. The van der Waals surface area contributed by atoms with E-state index in [9.17, 15) is 9.59 Å². The van der Waals surface area contributed by atoms with Gasteiger partial charge in [0, 0.05) is 16.5 Å². The van der Waals surface area contributed by atoms with Gasteiger partial charge in [-0.25, -0.2) is 4.79 Å². The number of thioether (sulfide) groups is 2. The molecule has 0 atom stereocenters. The lowest BCUT2D eigenvalue weighted by Gasteiger charge is -2.06. The van der Waals surface area contributed by atoms with Gasteiger partial charge in [-0.3, -0.25) is 10.1 Å². The molecule has 28 heavy (non-hydrogen) atoms. The highest BCUT2D eigenvalue weighted by atomic mass is 32.2. The van der Waals surface area contributed by atoms with Crippen LogP contribution in [0.15, 0.2) is 74.6 Å². The molecule has 1 N–H and O–H groups in total. The third kappa shape index (κ3) is 4.90. The van der Waals surface area contributed by atoms with Crippen molar-refractivity contribution < 1.29 is 14.3 Å². The number of rotatable bonds is 5. The number of methoxy groups -OCH3 is 1. The average Bonchev–Trinajstić information content (AvgIpc) is 3.07. The summed E-state index contributed by atoms with van der Waals surface area (Å²) in [6.07, 6.45) is 4.81. The molecular formula is C20H17N3O3S2. The summed E-state index contributed by atoms with van der Waals surface area (Å²) in [6, 6.07) is 16.2. The molecule has 0 saturated carbocycles. The summed E-state index contributed by atoms with van der Waals surface area (Å²) in [7, 11) is 1.25. The number of nitrogens with one attached hydrogen (secondary N) is 1. The molecule has 2 aromatic rings. The molecular weight excluding hydrogens is 394 g/mol. The minimum Gasteiger partial charge on any atom is -0.466 e. The highest BCUT2D eigenvalue weighted by Crippen LogP contribution is 2.26. The minimum atomic E-state index is -0.594. The Kier molecular flexibility index (Phi) is 6.67. The van der Waals surface area contributed by atoms with E-state index in [-0.39, 0.29) is 4.91 Å². The van der Waals surface area contributed by atoms with Crippen molar-refractivity contribution in [3.8, 4) is 11.1 Å². The minimum absolute atomic E-state index is 0.218. The summed E-state index contributed by atoms with van der Waals surface area (Å²) in [5.41, 5.74) is 3.02. The summed E-state index contributed by atoms with van der Waals surface area (Å²) in [5.74, 6) is -0.998. The number of benzene rings is 2. The average molecular weight is 412 g/mol. The summed E-state index contributed by atoms with van der Waals surface area (Å²) in [6.45, 7) is 0. The molecule has 0 aromatic heterocycles. The van der Waals surface area contributed by atoms with Gasteiger partial charge in [0.1, 0.15) is 0 Å². The number of carbonyl (C=O) groups is 2. The topological polar surface area (TPSA) is 80.1 Å². The summed E-state index contributed by atoms with van der Waals surface area (Å²) >= 11 is 2.73. The second kappa shape index (κ2) is 9.38. The Morgan fingerprint density at radius 2 is 1.93 bits per heavy atom. The van der Waals surface area contributed by atoms with Crippen molar-refractivity contribution in [2.45, 2.75) is 4.90 Å². The predicted molar refractivity (Wildman–Crippen MR) is 115 cm³/mol. The van der Waals surface area contributed by atoms with Crippen molar-refractivity contribution in [2.24, 2.45) is 10.2 Å². The third-order valence-electron chi connectivity index (χ3n) is 3.81. The molecule has 1 fully saturated rings. The Hall–Kier alpha value is -2.84. The molecule has 1 heterocycles. The van der Waals surface area contributed by atoms with Crippen LogP contribution in [0.2, 0.25) is 0 Å². The normalized spacial score (nSPS) is 16.7. The number of nitrogens with zero attached hydrogens (tertiary/aromatic N) is 2. The van der Waals surface area contributed by atoms with Crippen LogP contribution in [0.25, 0.3) is 11.1 Å². The van der Waals surface area contributed by atoms with E-state index in [0.717, 1.165) is 34.5 Å². The largest absolute Gasteiger partial charge is 0.466 e. The van der Waals surface area contributed by atoms with Crippen LogP contribution in [-0.4, -0.2) is 36.6 Å². The quantitative estimate of drug-likeness (QED) is 0.267. The maximum atomic E-state index is 11.8. The fraction of sp³-hybridized carbons (Fsp3) is 0.100. The highest BCUT2D eigenvalue weighted by Gasteiger charge is 2.25.